The molecule has 4 heteroatoms. The molecule has 82 valence electrons. The number of nitrogens with zero attached hydrogens (tertiary/aromatic N) is 3. The molecule has 2 rings (SSSR count). The van der Waals surface area contributed by atoms with Crippen LogP contribution in [0.2, 0.25) is 0 Å². The summed E-state index contributed by atoms with van der Waals surface area (Å²) in [6.07, 6.45) is 2.72. The van der Waals surface area contributed by atoms with Gasteiger partial charge in [-0.25, -0.2) is 4.52 Å². The third-order valence-electron chi connectivity index (χ3n) is 2.56. The molecule has 0 amide bonds. The number of methoxy groups -OCH3 is 1. The Hall–Kier alpha value is -1.86. The van der Waals surface area contributed by atoms with E-state index in [1.807, 2.05) is 25.3 Å². The number of fused-ring (bicyclic) bond motifs is 1. The average Bonchev–Trinajstić information content (AvgIpc) is 2.66. The van der Waals surface area contributed by atoms with E-state index in [1.54, 1.807) is 11.6 Å². The van der Waals surface area contributed by atoms with E-state index in [4.69, 9.17) is 10.00 Å². The molecular formula is C12H13N3O. The fraction of sp³-hybridized carbons (Fsp3) is 0.333. The number of hydrogen-bond donors (Lipinski definition) is 0. The summed E-state index contributed by atoms with van der Waals surface area (Å²) in [6, 6.07) is 6.11. The predicted octanol–water partition coefficient (Wildman–Crippen LogP) is 1.91. The first-order valence-corrected chi connectivity index (χ1v) is 5.19. The standard InChI is InChI=1S/C12H13N3O/c1-3-10-11(6-13)14-15-7-9(8-16-2)4-5-12(10)15/h4-5,7H,3,8H2,1-2H3. The van der Waals surface area contributed by atoms with Crippen molar-refractivity contribution < 1.29 is 4.74 Å². The second kappa shape index (κ2) is 4.33. The van der Waals surface area contributed by atoms with E-state index < -0.39 is 0 Å². The van der Waals surface area contributed by atoms with Crippen LogP contribution in [0.25, 0.3) is 5.52 Å². The first-order chi connectivity index (χ1) is 7.80. The summed E-state index contributed by atoms with van der Waals surface area (Å²) in [4.78, 5) is 0. The molecule has 0 aliphatic rings. The number of pyridine rings is 1. The smallest absolute Gasteiger partial charge is 0.166 e. The highest BCUT2D eigenvalue weighted by molar-refractivity contribution is 5.59. The lowest BCUT2D eigenvalue weighted by Crippen LogP contribution is -1.93. The van der Waals surface area contributed by atoms with Crippen molar-refractivity contribution in [3.63, 3.8) is 0 Å². The molecule has 2 aromatic heterocycles. The van der Waals surface area contributed by atoms with Crippen LogP contribution < -0.4 is 0 Å². The summed E-state index contributed by atoms with van der Waals surface area (Å²) in [7, 11) is 1.66. The maximum Gasteiger partial charge on any atom is 0.166 e. The van der Waals surface area contributed by atoms with E-state index in [2.05, 4.69) is 11.2 Å². The topological polar surface area (TPSA) is 50.3 Å². The predicted molar refractivity (Wildman–Crippen MR) is 60.0 cm³/mol. The van der Waals surface area contributed by atoms with Crippen molar-refractivity contribution in [3.8, 4) is 6.07 Å². The van der Waals surface area contributed by atoms with E-state index in [0.29, 0.717) is 12.3 Å². The van der Waals surface area contributed by atoms with Gasteiger partial charge in [0.1, 0.15) is 6.07 Å². The molecule has 0 atom stereocenters. The van der Waals surface area contributed by atoms with Gasteiger partial charge in [-0.15, -0.1) is 0 Å². The number of nitriles is 1. The van der Waals surface area contributed by atoms with Crippen molar-refractivity contribution in [1.82, 2.24) is 9.61 Å². The number of aromatic nitrogens is 2. The van der Waals surface area contributed by atoms with Crippen LogP contribution >= 0.6 is 0 Å². The minimum Gasteiger partial charge on any atom is -0.380 e. The molecule has 2 aromatic rings. The maximum atomic E-state index is 8.97. The van der Waals surface area contributed by atoms with Crippen molar-refractivity contribution in [2.45, 2.75) is 20.0 Å². The van der Waals surface area contributed by atoms with Crippen molar-refractivity contribution in [2.24, 2.45) is 0 Å². The molecule has 0 N–H and O–H groups in total. The molecule has 0 bridgehead atoms. The Labute approximate surface area is 94.1 Å². The molecule has 0 aliphatic heterocycles. The van der Waals surface area contributed by atoms with E-state index >= 15 is 0 Å². The molecule has 4 nitrogen and oxygen atoms in total. The van der Waals surface area contributed by atoms with Crippen molar-refractivity contribution in [3.05, 3.63) is 35.2 Å². The largest absolute Gasteiger partial charge is 0.380 e. The summed E-state index contributed by atoms with van der Waals surface area (Å²) < 4.78 is 6.82. The molecule has 0 aromatic carbocycles. The Morgan fingerprint density at radius 2 is 2.31 bits per heavy atom. The zero-order chi connectivity index (χ0) is 11.5. The summed E-state index contributed by atoms with van der Waals surface area (Å²) in [6.45, 7) is 2.58. The first kappa shape index (κ1) is 10.7. The second-order valence-electron chi connectivity index (χ2n) is 3.59. The Balaban J connectivity index is 2.59. The molecule has 0 spiro atoms. The zero-order valence-electron chi connectivity index (χ0n) is 9.40. The van der Waals surface area contributed by atoms with E-state index in [0.717, 1.165) is 23.1 Å². The molecule has 16 heavy (non-hydrogen) atoms. The fourth-order valence-electron chi connectivity index (χ4n) is 1.83. The van der Waals surface area contributed by atoms with Crippen LogP contribution in [0.1, 0.15) is 23.7 Å². The van der Waals surface area contributed by atoms with Gasteiger partial charge in [0.05, 0.1) is 12.1 Å². The third kappa shape index (κ3) is 1.66. The van der Waals surface area contributed by atoms with Gasteiger partial charge in [-0.3, -0.25) is 0 Å². The summed E-state index contributed by atoms with van der Waals surface area (Å²) in [5.41, 5.74) is 3.56. The van der Waals surface area contributed by atoms with Crippen LogP contribution in [0.3, 0.4) is 0 Å². The number of ether oxygens (including phenoxy) is 1. The lowest BCUT2D eigenvalue weighted by Gasteiger charge is -2.00. The van der Waals surface area contributed by atoms with Gasteiger partial charge < -0.3 is 4.74 Å². The lowest BCUT2D eigenvalue weighted by molar-refractivity contribution is 0.184. The van der Waals surface area contributed by atoms with Gasteiger partial charge >= 0.3 is 0 Å². The van der Waals surface area contributed by atoms with Gasteiger partial charge in [-0.05, 0) is 18.1 Å². The van der Waals surface area contributed by atoms with Crippen molar-refractivity contribution in [1.29, 1.82) is 5.26 Å². The monoisotopic (exact) mass is 215 g/mol. The molecule has 0 unspecified atom stereocenters. The van der Waals surface area contributed by atoms with Crippen molar-refractivity contribution >= 4 is 5.52 Å². The van der Waals surface area contributed by atoms with Gasteiger partial charge in [0.25, 0.3) is 0 Å². The number of aryl methyl sites for hydroxylation is 1. The van der Waals surface area contributed by atoms with E-state index in [-0.39, 0.29) is 0 Å². The van der Waals surface area contributed by atoms with Crippen LogP contribution in [-0.4, -0.2) is 16.7 Å². The van der Waals surface area contributed by atoms with Gasteiger partial charge in [0, 0.05) is 18.9 Å². The molecule has 0 aliphatic carbocycles. The molecular weight excluding hydrogens is 202 g/mol. The quantitative estimate of drug-likeness (QED) is 0.785. The third-order valence-corrected chi connectivity index (χ3v) is 2.56. The molecule has 0 saturated carbocycles. The Bertz CT molecular complexity index is 551. The van der Waals surface area contributed by atoms with Crippen LogP contribution in [0, 0.1) is 11.3 Å². The summed E-state index contributed by atoms with van der Waals surface area (Å²) >= 11 is 0. The summed E-state index contributed by atoms with van der Waals surface area (Å²) in [5.74, 6) is 0. The van der Waals surface area contributed by atoms with Gasteiger partial charge in [-0.2, -0.15) is 10.4 Å². The number of hydrogen-bond acceptors (Lipinski definition) is 3. The SMILES string of the molecule is CCc1c(C#N)nn2cc(COC)ccc12. The highest BCUT2D eigenvalue weighted by Crippen LogP contribution is 2.17. The fourth-order valence-corrected chi connectivity index (χ4v) is 1.83. The molecule has 0 radical (unpaired) electrons. The van der Waals surface area contributed by atoms with Gasteiger partial charge in [-0.1, -0.05) is 13.0 Å². The van der Waals surface area contributed by atoms with Crippen molar-refractivity contribution in [2.75, 3.05) is 7.11 Å². The van der Waals surface area contributed by atoms with Gasteiger partial charge in [0.2, 0.25) is 0 Å². The highest BCUT2D eigenvalue weighted by atomic mass is 16.5. The van der Waals surface area contributed by atoms with Crippen LogP contribution in [0.15, 0.2) is 18.3 Å². The van der Waals surface area contributed by atoms with Gasteiger partial charge in [0.15, 0.2) is 5.69 Å². The molecule has 2 heterocycles. The zero-order valence-corrected chi connectivity index (χ0v) is 9.40. The molecule has 0 saturated heterocycles. The Kier molecular flexibility index (Phi) is 2.88. The normalized spacial score (nSPS) is 10.6. The minimum atomic E-state index is 0.511. The lowest BCUT2D eigenvalue weighted by atomic mass is 10.1. The second-order valence-corrected chi connectivity index (χ2v) is 3.59. The van der Waals surface area contributed by atoms with Crippen LogP contribution in [-0.2, 0) is 17.8 Å². The average molecular weight is 215 g/mol. The molecule has 0 fully saturated rings. The van der Waals surface area contributed by atoms with E-state index in [9.17, 15) is 0 Å². The Morgan fingerprint density at radius 1 is 1.50 bits per heavy atom. The maximum absolute atomic E-state index is 8.97. The van der Waals surface area contributed by atoms with Crippen LogP contribution in [0.5, 0.6) is 0 Å². The highest BCUT2D eigenvalue weighted by Gasteiger charge is 2.10. The number of rotatable bonds is 3. The van der Waals surface area contributed by atoms with E-state index in [1.165, 1.54) is 0 Å². The van der Waals surface area contributed by atoms with Crippen LogP contribution in [0.4, 0.5) is 0 Å². The summed E-state index contributed by atoms with van der Waals surface area (Å²) in [5, 5.41) is 13.2. The minimum absolute atomic E-state index is 0.511. The first-order valence-electron chi connectivity index (χ1n) is 5.19. The Morgan fingerprint density at radius 3 is 2.94 bits per heavy atom.